The third-order valence-corrected chi connectivity index (χ3v) is 5.10. The molecular formula is C16H22FNO5S. The zero-order chi connectivity index (χ0) is 18.2. The maximum Gasteiger partial charge on any atom is 0.312 e. The molecule has 8 heteroatoms. The van der Waals surface area contributed by atoms with E-state index in [0.29, 0.717) is 12.0 Å². The Labute approximate surface area is 141 Å². The monoisotopic (exact) mass is 359 g/mol. The fraction of sp³-hybridized carbons (Fsp3) is 0.500. The number of halogens is 1. The molecule has 0 heterocycles. The van der Waals surface area contributed by atoms with Gasteiger partial charge >= 0.3 is 5.97 Å². The van der Waals surface area contributed by atoms with Crippen LogP contribution in [0.15, 0.2) is 24.3 Å². The summed E-state index contributed by atoms with van der Waals surface area (Å²) in [7, 11) is -3.50. The molecule has 1 aromatic carbocycles. The molecule has 0 bridgehead atoms. The predicted molar refractivity (Wildman–Crippen MR) is 88.0 cm³/mol. The first-order valence-electron chi connectivity index (χ1n) is 7.70. The lowest BCUT2D eigenvalue weighted by Crippen LogP contribution is -2.36. The molecule has 1 unspecified atom stereocenters. The van der Waals surface area contributed by atoms with Crippen molar-refractivity contribution in [3.8, 4) is 0 Å². The molecule has 0 aromatic heterocycles. The van der Waals surface area contributed by atoms with Crippen molar-refractivity contribution in [3.05, 3.63) is 35.6 Å². The summed E-state index contributed by atoms with van der Waals surface area (Å²) in [6.07, 6.45) is 2.14. The molecule has 1 aromatic rings. The Morgan fingerprint density at radius 3 is 2.38 bits per heavy atom. The Morgan fingerprint density at radius 2 is 1.83 bits per heavy atom. The van der Waals surface area contributed by atoms with E-state index in [2.05, 4.69) is 5.32 Å². The summed E-state index contributed by atoms with van der Waals surface area (Å²) in [6.45, 7) is 1.69. The molecule has 0 saturated carbocycles. The summed E-state index contributed by atoms with van der Waals surface area (Å²) in [4.78, 5) is 23.1. The first kappa shape index (κ1) is 20.1. The number of carbonyl (C=O) groups is 2. The van der Waals surface area contributed by atoms with Crippen LogP contribution in [0.2, 0.25) is 0 Å². The average Bonchev–Trinajstić information content (AvgIpc) is 2.48. The fourth-order valence-electron chi connectivity index (χ4n) is 2.15. The van der Waals surface area contributed by atoms with Crippen LogP contribution in [0.4, 0.5) is 4.39 Å². The fourth-order valence-corrected chi connectivity index (χ4v) is 3.44. The van der Waals surface area contributed by atoms with Crippen LogP contribution in [-0.2, 0) is 19.4 Å². The Morgan fingerprint density at radius 1 is 1.21 bits per heavy atom. The van der Waals surface area contributed by atoms with Gasteiger partial charge in [0.2, 0.25) is 5.91 Å². The lowest BCUT2D eigenvalue weighted by Gasteiger charge is -2.14. The van der Waals surface area contributed by atoms with Crippen LogP contribution in [0.1, 0.15) is 37.7 Å². The van der Waals surface area contributed by atoms with Gasteiger partial charge in [-0.15, -0.1) is 0 Å². The lowest BCUT2D eigenvalue weighted by molar-refractivity contribution is -0.138. The molecule has 0 saturated heterocycles. The van der Waals surface area contributed by atoms with E-state index in [9.17, 15) is 27.5 Å². The zero-order valence-electron chi connectivity index (χ0n) is 13.5. The molecule has 1 atom stereocenters. The van der Waals surface area contributed by atoms with E-state index < -0.39 is 39.2 Å². The van der Waals surface area contributed by atoms with Gasteiger partial charge in [-0.1, -0.05) is 31.9 Å². The van der Waals surface area contributed by atoms with Crippen molar-refractivity contribution >= 4 is 21.7 Å². The summed E-state index contributed by atoms with van der Waals surface area (Å²) >= 11 is 0. The number of hydrogen-bond donors (Lipinski definition) is 2. The maximum absolute atomic E-state index is 12.9. The normalized spacial score (nSPS) is 12.6. The molecule has 6 nitrogen and oxygen atoms in total. The minimum Gasteiger partial charge on any atom is -0.481 e. The molecule has 0 fully saturated rings. The standard InChI is InChI=1S/C16H22FNO5S/c1-2-3-4-9-24(22,23)11-15(19)18-10-14(16(20)21)12-5-7-13(17)8-6-12/h5-8,14H,2-4,9-11H2,1H3,(H,18,19)(H,20,21). The van der Waals surface area contributed by atoms with Gasteiger partial charge in [0.25, 0.3) is 0 Å². The number of carboxylic acids is 1. The topological polar surface area (TPSA) is 101 Å². The van der Waals surface area contributed by atoms with Crippen molar-refractivity contribution in [1.82, 2.24) is 5.32 Å². The van der Waals surface area contributed by atoms with Gasteiger partial charge in [-0.2, -0.15) is 0 Å². The first-order valence-corrected chi connectivity index (χ1v) is 9.52. The highest BCUT2D eigenvalue weighted by molar-refractivity contribution is 7.92. The molecule has 2 N–H and O–H groups in total. The van der Waals surface area contributed by atoms with Crippen molar-refractivity contribution in [3.63, 3.8) is 0 Å². The number of amides is 1. The molecule has 0 spiro atoms. The molecular weight excluding hydrogens is 337 g/mol. The second kappa shape index (κ2) is 9.36. The average molecular weight is 359 g/mol. The minimum absolute atomic E-state index is 0.0609. The SMILES string of the molecule is CCCCCS(=O)(=O)CC(=O)NCC(C(=O)O)c1ccc(F)cc1. The number of unbranched alkanes of at least 4 members (excludes halogenated alkanes) is 2. The number of benzene rings is 1. The molecule has 134 valence electrons. The third kappa shape index (κ3) is 7.08. The van der Waals surface area contributed by atoms with Gasteiger partial charge in [-0.25, -0.2) is 12.8 Å². The van der Waals surface area contributed by atoms with E-state index in [1.165, 1.54) is 12.1 Å². The third-order valence-electron chi connectivity index (χ3n) is 3.48. The van der Waals surface area contributed by atoms with Gasteiger partial charge in [0.15, 0.2) is 9.84 Å². The summed E-state index contributed by atoms with van der Waals surface area (Å²) in [5, 5.41) is 11.6. The smallest absolute Gasteiger partial charge is 0.312 e. The summed E-state index contributed by atoms with van der Waals surface area (Å²) < 4.78 is 36.5. The van der Waals surface area contributed by atoms with Crippen LogP contribution >= 0.6 is 0 Å². The van der Waals surface area contributed by atoms with Crippen molar-refractivity contribution < 1.29 is 27.5 Å². The number of rotatable bonds is 10. The van der Waals surface area contributed by atoms with E-state index in [0.717, 1.165) is 25.0 Å². The van der Waals surface area contributed by atoms with Crippen LogP contribution < -0.4 is 5.32 Å². The number of carbonyl (C=O) groups excluding carboxylic acids is 1. The highest BCUT2D eigenvalue weighted by atomic mass is 32.2. The summed E-state index contributed by atoms with van der Waals surface area (Å²) in [5.41, 5.74) is 0.329. The van der Waals surface area contributed by atoms with Gasteiger partial charge in [-0.05, 0) is 24.1 Å². The van der Waals surface area contributed by atoms with Crippen LogP contribution in [0.3, 0.4) is 0 Å². The van der Waals surface area contributed by atoms with Gasteiger partial charge in [-0.3, -0.25) is 9.59 Å². The van der Waals surface area contributed by atoms with Gasteiger partial charge in [0, 0.05) is 6.54 Å². The van der Waals surface area contributed by atoms with E-state index >= 15 is 0 Å². The van der Waals surface area contributed by atoms with Crippen LogP contribution in [0.25, 0.3) is 0 Å². The number of aliphatic carboxylic acids is 1. The molecule has 0 aliphatic heterocycles. The Hall–Kier alpha value is -1.96. The molecule has 1 amide bonds. The minimum atomic E-state index is -3.50. The highest BCUT2D eigenvalue weighted by Gasteiger charge is 2.22. The summed E-state index contributed by atoms with van der Waals surface area (Å²) in [6, 6.07) is 4.90. The van der Waals surface area contributed by atoms with Gasteiger partial charge in [0.05, 0.1) is 11.7 Å². The number of nitrogens with one attached hydrogen (secondary N) is 1. The zero-order valence-corrected chi connectivity index (χ0v) is 14.3. The molecule has 0 aliphatic carbocycles. The van der Waals surface area contributed by atoms with E-state index in [4.69, 9.17) is 0 Å². The van der Waals surface area contributed by atoms with Crippen molar-refractivity contribution in [2.24, 2.45) is 0 Å². The number of sulfone groups is 1. The second-order valence-corrected chi connectivity index (χ2v) is 7.73. The first-order chi connectivity index (χ1) is 11.2. The largest absolute Gasteiger partial charge is 0.481 e. The molecule has 24 heavy (non-hydrogen) atoms. The lowest BCUT2D eigenvalue weighted by atomic mass is 9.99. The number of hydrogen-bond acceptors (Lipinski definition) is 4. The Kier molecular flexibility index (Phi) is 7.84. The molecule has 0 radical (unpaired) electrons. The maximum atomic E-state index is 12.9. The highest BCUT2D eigenvalue weighted by Crippen LogP contribution is 2.16. The van der Waals surface area contributed by atoms with E-state index in [-0.39, 0.29) is 12.3 Å². The van der Waals surface area contributed by atoms with Crippen LogP contribution in [0.5, 0.6) is 0 Å². The van der Waals surface area contributed by atoms with Crippen molar-refractivity contribution in [1.29, 1.82) is 0 Å². The van der Waals surface area contributed by atoms with E-state index in [1.54, 1.807) is 0 Å². The quantitative estimate of drug-likeness (QED) is 0.620. The number of carboxylic acid groups (broad SMARTS) is 1. The second-order valence-electron chi connectivity index (χ2n) is 5.55. The van der Waals surface area contributed by atoms with E-state index in [1.807, 2.05) is 6.92 Å². The summed E-state index contributed by atoms with van der Waals surface area (Å²) in [5.74, 6) is -4.21. The Balaban J connectivity index is 2.59. The molecule has 1 rings (SSSR count). The van der Waals surface area contributed by atoms with Gasteiger partial charge in [0.1, 0.15) is 11.6 Å². The Bertz CT molecular complexity index is 658. The van der Waals surface area contributed by atoms with Gasteiger partial charge < -0.3 is 10.4 Å². The van der Waals surface area contributed by atoms with Crippen molar-refractivity contribution in [2.75, 3.05) is 18.1 Å². The van der Waals surface area contributed by atoms with Crippen LogP contribution in [0, 0.1) is 5.82 Å². The van der Waals surface area contributed by atoms with Crippen molar-refractivity contribution in [2.45, 2.75) is 32.1 Å². The molecule has 0 aliphatic rings. The predicted octanol–water partition coefficient (Wildman–Crippen LogP) is 1.72. The van der Waals surface area contributed by atoms with Crippen LogP contribution in [-0.4, -0.2) is 43.5 Å².